The number of aromatic amines is 1. The standard InChI is InChI=1S/C24H22N4O3/c1-28(14-22-26-19-10-3-4-11-20(19)27-22)24(30)17-8-6-7-16(13-17)15-31-21-12-5-2-9-18(21)23(25)29/h2-13H,14-15H2,1H3,(H2,25,29)(H,26,27). The lowest BCUT2D eigenvalue weighted by atomic mass is 10.1. The van der Waals surface area contributed by atoms with Gasteiger partial charge in [-0.25, -0.2) is 4.98 Å². The van der Waals surface area contributed by atoms with Crippen molar-refractivity contribution >= 4 is 22.8 Å². The van der Waals surface area contributed by atoms with Gasteiger partial charge in [0.15, 0.2) is 0 Å². The van der Waals surface area contributed by atoms with Gasteiger partial charge in [-0.05, 0) is 42.0 Å². The van der Waals surface area contributed by atoms with Gasteiger partial charge in [0.1, 0.15) is 18.2 Å². The third-order valence-electron chi connectivity index (χ3n) is 4.89. The summed E-state index contributed by atoms with van der Waals surface area (Å²) >= 11 is 0. The van der Waals surface area contributed by atoms with E-state index < -0.39 is 5.91 Å². The van der Waals surface area contributed by atoms with E-state index in [0.29, 0.717) is 23.4 Å². The lowest BCUT2D eigenvalue weighted by Crippen LogP contribution is -2.26. The highest BCUT2D eigenvalue weighted by Gasteiger charge is 2.15. The summed E-state index contributed by atoms with van der Waals surface area (Å²) in [5.41, 5.74) is 8.87. The van der Waals surface area contributed by atoms with Crippen LogP contribution in [0.4, 0.5) is 0 Å². The Hall–Kier alpha value is -4.13. The zero-order valence-electron chi connectivity index (χ0n) is 17.0. The van der Waals surface area contributed by atoms with Crippen LogP contribution in [0.1, 0.15) is 32.1 Å². The number of nitrogens with two attached hydrogens (primary N) is 1. The van der Waals surface area contributed by atoms with E-state index in [1.54, 1.807) is 54.4 Å². The summed E-state index contributed by atoms with van der Waals surface area (Å²) < 4.78 is 5.77. The molecule has 0 unspecified atom stereocenters. The Labute approximate surface area is 179 Å². The van der Waals surface area contributed by atoms with Crippen LogP contribution in [0.25, 0.3) is 11.0 Å². The molecule has 7 nitrogen and oxygen atoms in total. The first kappa shape index (κ1) is 20.2. The minimum atomic E-state index is -0.549. The smallest absolute Gasteiger partial charge is 0.254 e. The van der Waals surface area contributed by atoms with Gasteiger partial charge in [0, 0.05) is 12.6 Å². The van der Waals surface area contributed by atoms with Crippen molar-refractivity contribution in [1.82, 2.24) is 14.9 Å². The highest BCUT2D eigenvalue weighted by atomic mass is 16.5. The van der Waals surface area contributed by atoms with Gasteiger partial charge in [-0.2, -0.15) is 0 Å². The molecular formula is C24H22N4O3. The first-order valence-corrected chi connectivity index (χ1v) is 9.81. The fourth-order valence-electron chi connectivity index (χ4n) is 3.35. The molecule has 0 saturated carbocycles. The number of imidazole rings is 1. The summed E-state index contributed by atoms with van der Waals surface area (Å²) in [5, 5.41) is 0. The molecule has 0 fully saturated rings. The van der Waals surface area contributed by atoms with E-state index in [1.807, 2.05) is 30.3 Å². The number of carbonyl (C=O) groups is 2. The molecule has 0 atom stereocenters. The van der Waals surface area contributed by atoms with Crippen molar-refractivity contribution < 1.29 is 14.3 Å². The normalized spacial score (nSPS) is 10.7. The van der Waals surface area contributed by atoms with Crippen LogP contribution >= 0.6 is 0 Å². The Kier molecular flexibility index (Phi) is 5.66. The number of primary amides is 1. The zero-order valence-corrected chi connectivity index (χ0v) is 17.0. The molecule has 4 rings (SSSR count). The van der Waals surface area contributed by atoms with Gasteiger partial charge >= 0.3 is 0 Å². The van der Waals surface area contributed by atoms with Crippen LogP contribution in [-0.2, 0) is 13.2 Å². The number of fused-ring (bicyclic) bond motifs is 1. The maximum absolute atomic E-state index is 12.9. The highest BCUT2D eigenvalue weighted by Crippen LogP contribution is 2.19. The second kappa shape index (κ2) is 8.71. The van der Waals surface area contributed by atoms with Crippen molar-refractivity contribution in [2.45, 2.75) is 13.2 Å². The lowest BCUT2D eigenvalue weighted by Gasteiger charge is -2.16. The molecular weight excluding hydrogens is 392 g/mol. The molecule has 0 radical (unpaired) electrons. The monoisotopic (exact) mass is 414 g/mol. The maximum Gasteiger partial charge on any atom is 0.254 e. The topological polar surface area (TPSA) is 101 Å². The number of aromatic nitrogens is 2. The van der Waals surface area contributed by atoms with Crippen LogP contribution in [0, 0.1) is 0 Å². The predicted octanol–water partition coefficient (Wildman–Crippen LogP) is 3.51. The van der Waals surface area contributed by atoms with Gasteiger partial charge in [-0.15, -0.1) is 0 Å². The third-order valence-corrected chi connectivity index (χ3v) is 4.89. The third kappa shape index (κ3) is 4.56. The lowest BCUT2D eigenvalue weighted by molar-refractivity contribution is 0.0781. The van der Waals surface area contributed by atoms with Gasteiger partial charge in [-0.3, -0.25) is 9.59 Å². The van der Waals surface area contributed by atoms with E-state index in [4.69, 9.17) is 10.5 Å². The predicted molar refractivity (Wildman–Crippen MR) is 118 cm³/mol. The average Bonchev–Trinajstić information content (AvgIpc) is 3.19. The number of carbonyl (C=O) groups excluding carboxylic acids is 2. The average molecular weight is 414 g/mol. The second-order valence-corrected chi connectivity index (χ2v) is 7.21. The van der Waals surface area contributed by atoms with Gasteiger partial charge in [0.2, 0.25) is 0 Å². The summed E-state index contributed by atoms with van der Waals surface area (Å²) in [6, 6.07) is 21.8. The maximum atomic E-state index is 12.9. The van der Waals surface area contributed by atoms with Gasteiger partial charge in [-0.1, -0.05) is 36.4 Å². The van der Waals surface area contributed by atoms with E-state index in [9.17, 15) is 9.59 Å². The Balaban J connectivity index is 1.44. The molecule has 0 bridgehead atoms. The fraction of sp³-hybridized carbons (Fsp3) is 0.125. The molecule has 3 aromatic carbocycles. The van der Waals surface area contributed by atoms with Crippen molar-refractivity contribution in [3.05, 3.63) is 95.3 Å². The summed E-state index contributed by atoms with van der Waals surface area (Å²) in [6.07, 6.45) is 0. The molecule has 3 N–H and O–H groups in total. The molecule has 0 aliphatic heterocycles. The van der Waals surface area contributed by atoms with Crippen molar-refractivity contribution in [2.24, 2.45) is 5.73 Å². The van der Waals surface area contributed by atoms with E-state index in [0.717, 1.165) is 22.4 Å². The minimum absolute atomic E-state index is 0.125. The molecule has 1 aromatic heterocycles. The van der Waals surface area contributed by atoms with Gasteiger partial charge in [0.05, 0.1) is 23.1 Å². The molecule has 0 saturated heterocycles. The number of rotatable bonds is 7. The van der Waals surface area contributed by atoms with Crippen molar-refractivity contribution in [1.29, 1.82) is 0 Å². The zero-order chi connectivity index (χ0) is 21.8. The molecule has 2 amide bonds. The minimum Gasteiger partial charge on any atom is -0.488 e. The second-order valence-electron chi connectivity index (χ2n) is 7.21. The molecule has 156 valence electrons. The molecule has 7 heteroatoms. The van der Waals surface area contributed by atoms with E-state index in [1.165, 1.54) is 0 Å². The highest BCUT2D eigenvalue weighted by molar-refractivity contribution is 5.95. The Bertz CT molecular complexity index is 1220. The first-order valence-electron chi connectivity index (χ1n) is 9.81. The van der Waals surface area contributed by atoms with E-state index in [2.05, 4.69) is 9.97 Å². The SMILES string of the molecule is CN(Cc1nc2ccccc2[nH]1)C(=O)c1cccc(COc2ccccc2C(N)=O)c1. The number of nitrogens with one attached hydrogen (secondary N) is 1. The molecule has 31 heavy (non-hydrogen) atoms. The van der Waals surface area contributed by atoms with Crippen LogP contribution < -0.4 is 10.5 Å². The number of para-hydroxylation sites is 3. The van der Waals surface area contributed by atoms with Crippen LogP contribution in [0.2, 0.25) is 0 Å². The van der Waals surface area contributed by atoms with Gasteiger partial charge in [0.25, 0.3) is 11.8 Å². The Morgan fingerprint density at radius 1 is 1.03 bits per heavy atom. The number of amides is 2. The number of ether oxygens (including phenoxy) is 1. The molecule has 4 aromatic rings. The summed E-state index contributed by atoms with van der Waals surface area (Å²) in [4.78, 5) is 33.8. The number of hydrogen-bond acceptors (Lipinski definition) is 4. The molecule has 0 aliphatic carbocycles. The van der Waals surface area contributed by atoms with Gasteiger partial charge < -0.3 is 20.4 Å². The van der Waals surface area contributed by atoms with E-state index >= 15 is 0 Å². The first-order chi connectivity index (χ1) is 15.0. The molecule has 0 spiro atoms. The van der Waals surface area contributed by atoms with Crippen molar-refractivity contribution in [3.63, 3.8) is 0 Å². The summed E-state index contributed by atoms with van der Waals surface area (Å²) in [7, 11) is 1.74. The van der Waals surface area contributed by atoms with Crippen LogP contribution in [-0.4, -0.2) is 33.7 Å². The number of H-pyrrole nitrogens is 1. The quantitative estimate of drug-likeness (QED) is 0.483. The largest absolute Gasteiger partial charge is 0.488 e. The number of hydrogen-bond donors (Lipinski definition) is 2. The van der Waals surface area contributed by atoms with E-state index in [-0.39, 0.29) is 12.5 Å². The van der Waals surface area contributed by atoms with Crippen LogP contribution in [0.15, 0.2) is 72.8 Å². The molecule has 1 heterocycles. The Morgan fingerprint density at radius 2 is 1.81 bits per heavy atom. The van der Waals surface area contributed by atoms with Crippen molar-refractivity contribution in [3.8, 4) is 5.75 Å². The van der Waals surface area contributed by atoms with Crippen molar-refractivity contribution in [2.75, 3.05) is 7.05 Å². The van der Waals surface area contributed by atoms with Crippen LogP contribution in [0.5, 0.6) is 5.75 Å². The summed E-state index contributed by atoms with van der Waals surface area (Å²) in [5.74, 6) is 0.458. The number of benzene rings is 3. The summed E-state index contributed by atoms with van der Waals surface area (Å²) in [6.45, 7) is 0.568. The molecule has 0 aliphatic rings. The fourth-order valence-corrected chi connectivity index (χ4v) is 3.35. The number of nitrogens with zero attached hydrogens (tertiary/aromatic N) is 2. The Morgan fingerprint density at radius 3 is 2.61 bits per heavy atom. The van der Waals surface area contributed by atoms with Crippen LogP contribution in [0.3, 0.4) is 0 Å².